The number of aromatic nitrogens is 1. The molecule has 29 heavy (non-hydrogen) atoms. The highest BCUT2D eigenvalue weighted by Crippen LogP contribution is 2.21. The fourth-order valence-corrected chi connectivity index (χ4v) is 2.93. The van der Waals surface area contributed by atoms with Crippen molar-refractivity contribution in [1.29, 1.82) is 0 Å². The molecule has 1 aromatic carbocycles. The zero-order chi connectivity index (χ0) is 20.7. The van der Waals surface area contributed by atoms with Gasteiger partial charge < -0.3 is 9.32 Å². The molecule has 2 heterocycles. The van der Waals surface area contributed by atoms with Crippen molar-refractivity contribution in [3.8, 4) is 0 Å². The minimum atomic E-state index is -4.51. The number of hydrogen-bond acceptors (Lipinski definition) is 4. The normalized spacial score (nSPS) is 12.5. The molecule has 152 valence electrons. The number of halogens is 3. The third-order valence-electron chi connectivity index (χ3n) is 4.22. The molecule has 2 aromatic heterocycles. The van der Waals surface area contributed by atoms with Crippen molar-refractivity contribution in [2.45, 2.75) is 18.8 Å². The van der Waals surface area contributed by atoms with E-state index < -0.39 is 24.7 Å². The predicted octanol–water partition coefficient (Wildman–Crippen LogP) is 3.94. The van der Waals surface area contributed by atoms with E-state index in [4.69, 9.17) is 4.42 Å². The van der Waals surface area contributed by atoms with Crippen LogP contribution in [0, 0.1) is 0 Å². The molecule has 0 saturated heterocycles. The number of alkyl halides is 3. The predicted molar refractivity (Wildman–Crippen MR) is 101 cm³/mol. The maximum atomic E-state index is 13.0. The number of carbonyl (C=O) groups is 1. The second kappa shape index (κ2) is 9.38. The average Bonchev–Trinajstić information content (AvgIpc) is 3.21. The molecule has 0 saturated carbocycles. The van der Waals surface area contributed by atoms with Gasteiger partial charge in [-0.25, -0.2) is 0 Å². The highest BCUT2D eigenvalue weighted by molar-refractivity contribution is 5.78. The lowest BCUT2D eigenvalue weighted by Crippen LogP contribution is -2.43. The fourth-order valence-electron chi connectivity index (χ4n) is 2.93. The molecular formula is C21H20F3N3O2. The monoisotopic (exact) mass is 403 g/mol. The highest BCUT2D eigenvalue weighted by Gasteiger charge is 2.33. The molecule has 3 rings (SSSR count). The largest absolute Gasteiger partial charge is 0.467 e. The summed E-state index contributed by atoms with van der Waals surface area (Å²) in [5, 5.41) is 3.05. The van der Waals surface area contributed by atoms with Gasteiger partial charge in [-0.2, -0.15) is 13.2 Å². The summed E-state index contributed by atoms with van der Waals surface area (Å²) in [5.41, 5.74) is 1.52. The van der Waals surface area contributed by atoms with Crippen LogP contribution in [0.25, 0.3) is 0 Å². The standard InChI is InChI=1S/C21H20F3N3O2/c22-21(23,24)15-27(14-17-9-6-12-29-17)19(28)13-26-20(16-7-2-1-3-8-16)18-10-4-5-11-25-18/h1-12,20,26H,13-15H2. The molecule has 0 aliphatic carbocycles. The molecule has 5 nitrogen and oxygen atoms in total. The quantitative estimate of drug-likeness (QED) is 0.619. The molecule has 3 aromatic rings. The van der Waals surface area contributed by atoms with Crippen LogP contribution in [0.15, 0.2) is 77.5 Å². The molecule has 0 radical (unpaired) electrons. The number of rotatable bonds is 8. The summed E-state index contributed by atoms with van der Waals surface area (Å²) in [4.78, 5) is 17.7. The van der Waals surface area contributed by atoms with Crippen LogP contribution in [0.4, 0.5) is 13.2 Å². The second-order valence-corrected chi connectivity index (χ2v) is 6.42. The zero-order valence-electron chi connectivity index (χ0n) is 15.5. The Bertz CT molecular complexity index is 845. The average molecular weight is 403 g/mol. The van der Waals surface area contributed by atoms with Gasteiger partial charge in [0, 0.05) is 6.20 Å². The van der Waals surface area contributed by atoms with Crippen LogP contribution in [0.5, 0.6) is 0 Å². The lowest BCUT2D eigenvalue weighted by atomic mass is 10.0. The van der Waals surface area contributed by atoms with Crippen LogP contribution < -0.4 is 5.32 Å². The summed E-state index contributed by atoms with van der Waals surface area (Å²) in [7, 11) is 0. The molecule has 8 heteroatoms. The van der Waals surface area contributed by atoms with Crippen molar-refractivity contribution in [3.05, 3.63) is 90.1 Å². The van der Waals surface area contributed by atoms with Gasteiger partial charge in [0.1, 0.15) is 12.3 Å². The Kier molecular flexibility index (Phi) is 6.66. The van der Waals surface area contributed by atoms with Crippen molar-refractivity contribution in [2.24, 2.45) is 0 Å². The first-order valence-electron chi connectivity index (χ1n) is 8.98. The smallest absolute Gasteiger partial charge is 0.406 e. The van der Waals surface area contributed by atoms with Crippen molar-refractivity contribution in [2.75, 3.05) is 13.1 Å². The summed E-state index contributed by atoms with van der Waals surface area (Å²) in [6, 6.07) is 17.3. The maximum Gasteiger partial charge on any atom is 0.406 e. The van der Waals surface area contributed by atoms with Crippen molar-refractivity contribution in [1.82, 2.24) is 15.2 Å². The van der Waals surface area contributed by atoms with E-state index in [1.807, 2.05) is 36.4 Å². The first-order valence-corrected chi connectivity index (χ1v) is 8.98. The topological polar surface area (TPSA) is 58.4 Å². The minimum Gasteiger partial charge on any atom is -0.467 e. The maximum absolute atomic E-state index is 13.0. The first kappa shape index (κ1) is 20.6. The van der Waals surface area contributed by atoms with Gasteiger partial charge in [-0.3, -0.25) is 15.1 Å². The van der Waals surface area contributed by atoms with Crippen LogP contribution in [0.3, 0.4) is 0 Å². The first-order chi connectivity index (χ1) is 13.9. The van der Waals surface area contributed by atoms with Crippen LogP contribution in [-0.4, -0.2) is 35.1 Å². The van der Waals surface area contributed by atoms with Gasteiger partial charge in [-0.1, -0.05) is 36.4 Å². The number of amides is 1. The Labute approximate surface area is 166 Å². The van der Waals surface area contributed by atoms with E-state index in [0.717, 1.165) is 10.5 Å². The summed E-state index contributed by atoms with van der Waals surface area (Å²) in [6.07, 6.45) is -1.53. The number of furan rings is 1. The summed E-state index contributed by atoms with van der Waals surface area (Å²) in [5.74, 6) is -0.400. The van der Waals surface area contributed by atoms with E-state index in [1.165, 1.54) is 12.3 Å². The van der Waals surface area contributed by atoms with Crippen molar-refractivity contribution < 1.29 is 22.4 Å². The van der Waals surface area contributed by atoms with Gasteiger partial charge in [0.25, 0.3) is 0 Å². The number of carbonyl (C=O) groups excluding carboxylic acids is 1. The van der Waals surface area contributed by atoms with Gasteiger partial charge >= 0.3 is 6.18 Å². The Morgan fingerprint density at radius 2 is 1.83 bits per heavy atom. The number of hydrogen-bond donors (Lipinski definition) is 1. The molecule has 0 aliphatic heterocycles. The lowest BCUT2D eigenvalue weighted by molar-refractivity contribution is -0.162. The molecular weight excluding hydrogens is 383 g/mol. The van der Waals surface area contributed by atoms with Crippen LogP contribution in [0.1, 0.15) is 23.1 Å². The van der Waals surface area contributed by atoms with Gasteiger partial charge in [-0.05, 0) is 29.8 Å². The van der Waals surface area contributed by atoms with Gasteiger partial charge in [0.05, 0.1) is 31.1 Å². The van der Waals surface area contributed by atoms with Gasteiger partial charge in [0.15, 0.2) is 0 Å². The third-order valence-corrected chi connectivity index (χ3v) is 4.22. The summed E-state index contributed by atoms with van der Waals surface area (Å²) < 4.78 is 44.0. The Morgan fingerprint density at radius 3 is 2.45 bits per heavy atom. The van der Waals surface area contributed by atoms with Crippen molar-refractivity contribution in [3.63, 3.8) is 0 Å². The van der Waals surface area contributed by atoms with E-state index in [2.05, 4.69) is 10.3 Å². The van der Waals surface area contributed by atoms with Crippen LogP contribution in [-0.2, 0) is 11.3 Å². The number of nitrogens with one attached hydrogen (secondary N) is 1. The number of pyridine rings is 1. The van der Waals surface area contributed by atoms with E-state index in [0.29, 0.717) is 5.69 Å². The Morgan fingerprint density at radius 1 is 1.07 bits per heavy atom. The van der Waals surface area contributed by atoms with Crippen LogP contribution in [0.2, 0.25) is 0 Å². The van der Waals surface area contributed by atoms with Gasteiger partial charge in [0.2, 0.25) is 5.91 Å². The molecule has 1 atom stereocenters. The molecule has 1 amide bonds. The van der Waals surface area contributed by atoms with E-state index in [1.54, 1.807) is 24.4 Å². The van der Waals surface area contributed by atoms with E-state index in [-0.39, 0.29) is 18.8 Å². The molecule has 0 spiro atoms. The lowest BCUT2D eigenvalue weighted by Gasteiger charge is -2.25. The second-order valence-electron chi connectivity index (χ2n) is 6.42. The van der Waals surface area contributed by atoms with E-state index in [9.17, 15) is 18.0 Å². The Balaban J connectivity index is 1.74. The molecule has 1 unspecified atom stereocenters. The molecule has 0 aliphatic rings. The van der Waals surface area contributed by atoms with Crippen molar-refractivity contribution >= 4 is 5.91 Å². The van der Waals surface area contributed by atoms with E-state index >= 15 is 0 Å². The summed E-state index contributed by atoms with van der Waals surface area (Å²) >= 11 is 0. The SMILES string of the molecule is O=C(CNC(c1ccccc1)c1ccccn1)N(Cc1ccco1)CC(F)(F)F. The fraction of sp³-hybridized carbons (Fsp3) is 0.238. The number of nitrogens with zero attached hydrogens (tertiary/aromatic N) is 2. The van der Waals surface area contributed by atoms with Gasteiger partial charge in [-0.15, -0.1) is 0 Å². The number of benzene rings is 1. The molecule has 0 fully saturated rings. The molecule has 1 N–H and O–H groups in total. The van der Waals surface area contributed by atoms with Crippen LogP contribution >= 0.6 is 0 Å². The third kappa shape index (κ3) is 6.18. The Hall–Kier alpha value is -3.13. The minimum absolute atomic E-state index is 0.257. The zero-order valence-corrected chi connectivity index (χ0v) is 15.5. The summed E-state index contributed by atoms with van der Waals surface area (Å²) in [6.45, 7) is -1.90. The highest BCUT2D eigenvalue weighted by atomic mass is 19.4. The molecule has 0 bridgehead atoms.